The quantitative estimate of drug-likeness (QED) is 0.0322. The lowest BCUT2D eigenvalue weighted by molar-refractivity contribution is -0.148. The van der Waals surface area contributed by atoms with Crippen molar-refractivity contribution in [2.45, 2.75) is 238 Å². The number of nitrogens with one attached hydrogen (secondary N) is 1. The first-order chi connectivity index (χ1) is 31.5. The zero-order chi connectivity index (χ0) is 46.7. The predicted octanol–water partition coefficient (Wildman–Crippen LogP) is 15.9. The molecule has 1 amide bonds. The lowest BCUT2D eigenvalue weighted by Gasteiger charge is -2.23. The summed E-state index contributed by atoms with van der Waals surface area (Å²) in [4.78, 5) is 26.1. The van der Waals surface area contributed by atoms with Gasteiger partial charge in [-0.15, -0.1) is 0 Å². The maximum absolute atomic E-state index is 13.2. The van der Waals surface area contributed by atoms with Crippen LogP contribution in [0, 0.1) is 0 Å². The number of carbonyl (C=O) groups excluding carboxylic acids is 2. The molecule has 64 heavy (non-hydrogen) atoms. The van der Waals surface area contributed by atoms with E-state index in [-0.39, 0.29) is 24.9 Å². The summed E-state index contributed by atoms with van der Waals surface area (Å²) in [7, 11) is 0. The van der Waals surface area contributed by atoms with E-state index in [1.165, 1.54) is 70.6 Å². The molecule has 0 aromatic heterocycles. The molecule has 0 aromatic rings. The molecule has 0 aromatic carbocycles. The van der Waals surface area contributed by atoms with Gasteiger partial charge in [-0.25, -0.2) is 0 Å². The summed E-state index contributed by atoms with van der Waals surface area (Å²) in [6, 6.07) is -0.752. The van der Waals surface area contributed by atoms with Crippen molar-refractivity contribution in [3.63, 3.8) is 0 Å². The molecule has 0 saturated heterocycles. The fourth-order valence-electron chi connectivity index (χ4n) is 7.21. The van der Waals surface area contributed by atoms with E-state index in [9.17, 15) is 19.8 Å². The van der Waals surface area contributed by atoms with Gasteiger partial charge in [0, 0.05) is 6.42 Å². The Hall–Kier alpha value is -3.48. The van der Waals surface area contributed by atoms with E-state index in [0.29, 0.717) is 19.3 Å². The van der Waals surface area contributed by atoms with Gasteiger partial charge in [0.05, 0.1) is 25.2 Å². The SMILES string of the molecule is CC/C=C\C/C=C\C/C=C\C/C=C\C/C=C\C/C=C\C(CC(=O)NC(CO)C(O)CCCCCCCCCCCCCC)OC(=O)CCCCCCCC/C=C/C/C=C/C/C=C/CC. The Bertz CT molecular complexity index is 1320. The Balaban J connectivity index is 4.81. The molecule has 0 bridgehead atoms. The Morgan fingerprint density at radius 3 is 1.33 bits per heavy atom. The molecule has 6 heteroatoms. The van der Waals surface area contributed by atoms with Crippen LogP contribution in [0.5, 0.6) is 0 Å². The molecular formula is C58H97NO5. The van der Waals surface area contributed by atoms with Crippen LogP contribution < -0.4 is 5.32 Å². The van der Waals surface area contributed by atoms with Crippen molar-refractivity contribution >= 4 is 11.9 Å². The topological polar surface area (TPSA) is 95.9 Å². The van der Waals surface area contributed by atoms with E-state index in [2.05, 4.69) is 123 Å². The molecule has 3 N–H and O–H groups in total. The number of hydrogen-bond donors (Lipinski definition) is 3. The van der Waals surface area contributed by atoms with Crippen LogP contribution in [0.15, 0.2) is 109 Å². The van der Waals surface area contributed by atoms with E-state index < -0.39 is 18.2 Å². The van der Waals surface area contributed by atoms with E-state index in [4.69, 9.17) is 4.74 Å². The van der Waals surface area contributed by atoms with Gasteiger partial charge >= 0.3 is 5.97 Å². The molecule has 0 saturated carbocycles. The molecule has 0 heterocycles. The van der Waals surface area contributed by atoms with Gasteiger partial charge in [-0.05, 0) is 89.5 Å². The van der Waals surface area contributed by atoms with Crippen molar-refractivity contribution in [1.29, 1.82) is 0 Å². The molecule has 3 unspecified atom stereocenters. The number of ether oxygens (including phenoxy) is 1. The number of unbranched alkanes of at least 4 members (excludes halogenated alkanes) is 17. The lowest BCUT2D eigenvalue weighted by Crippen LogP contribution is -2.46. The van der Waals surface area contributed by atoms with Crippen LogP contribution >= 0.6 is 0 Å². The minimum atomic E-state index is -0.828. The van der Waals surface area contributed by atoms with Crippen molar-refractivity contribution in [1.82, 2.24) is 5.32 Å². The van der Waals surface area contributed by atoms with Crippen LogP contribution in [-0.2, 0) is 14.3 Å². The fraction of sp³-hybridized carbons (Fsp3) is 0.655. The number of amides is 1. The molecular weight excluding hydrogens is 791 g/mol. The maximum Gasteiger partial charge on any atom is 0.306 e. The zero-order valence-electron chi connectivity index (χ0n) is 41.4. The van der Waals surface area contributed by atoms with Crippen molar-refractivity contribution in [3.05, 3.63) is 109 Å². The molecule has 0 aliphatic carbocycles. The average Bonchev–Trinajstić information content (AvgIpc) is 3.29. The molecule has 3 atom stereocenters. The molecule has 0 radical (unpaired) electrons. The van der Waals surface area contributed by atoms with Crippen molar-refractivity contribution < 1.29 is 24.5 Å². The van der Waals surface area contributed by atoms with Gasteiger partial charge < -0.3 is 20.3 Å². The molecule has 0 fully saturated rings. The Morgan fingerprint density at radius 2 is 0.875 bits per heavy atom. The Morgan fingerprint density at radius 1 is 0.484 bits per heavy atom. The average molecular weight is 888 g/mol. The second-order valence-electron chi connectivity index (χ2n) is 17.2. The minimum Gasteiger partial charge on any atom is -0.458 e. The summed E-state index contributed by atoms with van der Waals surface area (Å²) in [6.45, 7) is 6.21. The maximum atomic E-state index is 13.2. The number of carbonyl (C=O) groups is 2. The Labute approximate surface area is 394 Å². The number of aliphatic hydroxyl groups excluding tert-OH is 2. The first-order valence-corrected chi connectivity index (χ1v) is 26.1. The number of allylic oxidation sites excluding steroid dienone is 17. The number of esters is 1. The van der Waals surface area contributed by atoms with Gasteiger partial charge in [-0.3, -0.25) is 9.59 Å². The van der Waals surface area contributed by atoms with Crippen LogP contribution in [0.3, 0.4) is 0 Å². The summed E-state index contributed by atoms with van der Waals surface area (Å²) < 4.78 is 5.82. The third-order valence-electron chi connectivity index (χ3n) is 11.1. The molecule has 0 aliphatic heterocycles. The normalized spacial score (nSPS) is 14.1. The smallest absolute Gasteiger partial charge is 0.306 e. The largest absolute Gasteiger partial charge is 0.458 e. The summed E-state index contributed by atoms with van der Waals surface area (Å²) >= 11 is 0. The molecule has 364 valence electrons. The van der Waals surface area contributed by atoms with E-state index in [1.54, 1.807) is 6.08 Å². The summed E-state index contributed by atoms with van der Waals surface area (Å²) in [5.41, 5.74) is 0. The van der Waals surface area contributed by atoms with E-state index in [0.717, 1.165) is 103 Å². The number of aliphatic hydroxyl groups is 2. The first kappa shape index (κ1) is 60.5. The van der Waals surface area contributed by atoms with Crippen molar-refractivity contribution in [2.75, 3.05) is 6.61 Å². The van der Waals surface area contributed by atoms with Crippen LogP contribution in [0.1, 0.15) is 220 Å². The minimum absolute atomic E-state index is 0.0588. The van der Waals surface area contributed by atoms with Crippen molar-refractivity contribution in [2.24, 2.45) is 0 Å². The standard InChI is InChI=1S/C58H97NO5/c1-4-7-10-13-16-19-22-25-27-29-30-32-34-37-40-43-46-49-54(64-58(63)51-48-45-42-39-36-33-31-28-26-23-20-17-14-11-8-5-2)52-57(62)59-55(53-60)56(61)50-47-44-41-38-35-24-21-18-15-12-9-6-3/h7-8,10-11,16-17,19-20,25-28,30,32,37,40,46,49,54-56,60-61H,4-6,9,12-15,18,21-24,29,31,33-36,38-39,41-45,47-48,50-53H2,1-3H3,(H,59,62)/b10-7-,11-8+,19-16-,20-17+,27-25-,28-26+,32-30-,40-37-,49-46-. The van der Waals surface area contributed by atoms with Gasteiger partial charge in [0.25, 0.3) is 0 Å². The summed E-state index contributed by atoms with van der Waals surface area (Å²) in [5, 5.41) is 23.7. The Kier molecular flexibility index (Phi) is 47.8. The number of hydrogen-bond acceptors (Lipinski definition) is 5. The van der Waals surface area contributed by atoms with Gasteiger partial charge in [-0.2, -0.15) is 0 Å². The van der Waals surface area contributed by atoms with Crippen LogP contribution in [0.4, 0.5) is 0 Å². The summed E-state index contributed by atoms with van der Waals surface area (Å²) in [6.07, 6.45) is 68.9. The van der Waals surface area contributed by atoms with Crippen LogP contribution in [0.2, 0.25) is 0 Å². The van der Waals surface area contributed by atoms with Crippen LogP contribution in [-0.4, -0.2) is 46.9 Å². The fourth-order valence-corrected chi connectivity index (χ4v) is 7.21. The van der Waals surface area contributed by atoms with Gasteiger partial charge in [0.2, 0.25) is 5.91 Å². The van der Waals surface area contributed by atoms with Gasteiger partial charge in [0.15, 0.2) is 0 Å². The second-order valence-corrected chi connectivity index (χ2v) is 17.2. The van der Waals surface area contributed by atoms with Gasteiger partial charge in [-0.1, -0.05) is 227 Å². The van der Waals surface area contributed by atoms with Crippen molar-refractivity contribution in [3.8, 4) is 0 Å². The highest BCUT2D eigenvalue weighted by atomic mass is 16.5. The molecule has 0 rings (SSSR count). The van der Waals surface area contributed by atoms with Gasteiger partial charge in [0.1, 0.15) is 6.10 Å². The second kappa shape index (κ2) is 50.5. The van der Waals surface area contributed by atoms with E-state index >= 15 is 0 Å². The molecule has 0 spiro atoms. The highest BCUT2D eigenvalue weighted by Crippen LogP contribution is 2.15. The number of rotatable bonds is 45. The monoisotopic (exact) mass is 888 g/mol. The zero-order valence-corrected chi connectivity index (χ0v) is 41.4. The van der Waals surface area contributed by atoms with Crippen LogP contribution in [0.25, 0.3) is 0 Å². The highest BCUT2D eigenvalue weighted by Gasteiger charge is 2.23. The van der Waals surface area contributed by atoms with E-state index in [1.807, 2.05) is 6.08 Å². The third kappa shape index (κ3) is 45.1. The first-order valence-electron chi connectivity index (χ1n) is 26.1. The molecule has 0 aliphatic rings. The lowest BCUT2D eigenvalue weighted by atomic mass is 10.0. The highest BCUT2D eigenvalue weighted by molar-refractivity contribution is 5.78. The predicted molar refractivity (Wildman–Crippen MR) is 277 cm³/mol. The molecule has 6 nitrogen and oxygen atoms in total. The third-order valence-corrected chi connectivity index (χ3v) is 11.1. The summed E-state index contributed by atoms with van der Waals surface area (Å²) in [5.74, 6) is -0.653.